The van der Waals surface area contributed by atoms with Crippen molar-refractivity contribution in [1.82, 2.24) is 10.3 Å². The minimum absolute atomic E-state index is 0.263. The fourth-order valence-corrected chi connectivity index (χ4v) is 2.62. The number of amides is 1. The van der Waals surface area contributed by atoms with Crippen LogP contribution in [0.25, 0.3) is 0 Å². The van der Waals surface area contributed by atoms with Gasteiger partial charge < -0.3 is 19.8 Å². The molecule has 0 atom stereocenters. The maximum atomic E-state index is 12.4. The molecule has 6 heteroatoms. The van der Waals surface area contributed by atoms with E-state index in [1.54, 1.807) is 13.8 Å². The van der Waals surface area contributed by atoms with Gasteiger partial charge in [-0.2, -0.15) is 0 Å². The fourth-order valence-electron chi connectivity index (χ4n) is 2.62. The van der Waals surface area contributed by atoms with Crippen molar-refractivity contribution in [3.05, 3.63) is 52.3 Å². The minimum Gasteiger partial charge on any atom is -0.493 e. The number of carbonyl (C=O) groups is 2. The molecule has 0 fully saturated rings. The van der Waals surface area contributed by atoms with Gasteiger partial charge >= 0.3 is 5.97 Å². The number of aromatic amines is 1. The van der Waals surface area contributed by atoms with Crippen LogP contribution in [0.1, 0.15) is 51.5 Å². The van der Waals surface area contributed by atoms with Gasteiger partial charge in [0.25, 0.3) is 5.91 Å². The van der Waals surface area contributed by atoms with E-state index in [0.717, 1.165) is 11.3 Å². The summed E-state index contributed by atoms with van der Waals surface area (Å²) in [5.74, 6) is 0.567. The molecule has 0 saturated carbocycles. The summed E-state index contributed by atoms with van der Waals surface area (Å²) in [6.07, 6.45) is 0. The monoisotopic (exact) mass is 358 g/mol. The lowest BCUT2D eigenvalue weighted by Crippen LogP contribution is -2.24. The zero-order valence-corrected chi connectivity index (χ0v) is 15.9. The van der Waals surface area contributed by atoms with Gasteiger partial charge in [-0.3, -0.25) is 4.79 Å². The topological polar surface area (TPSA) is 80.4 Å². The second-order valence-corrected chi connectivity index (χ2v) is 6.65. The number of rotatable bonds is 7. The number of hydrogen-bond acceptors (Lipinski definition) is 4. The molecule has 1 aromatic heterocycles. The summed E-state index contributed by atoms with van der Waals surface area (Å²) in [5.41, 5.74) is 2.95. The molecule has 1 amide bonds. The predicted octanol–water partition coefficient (Wildman–Crippen LogP) is 3.38. The zero-order chi connectivity index (χ0) is 19.3. The van der Waals surface area contributed by atoms with Crippen molar-refractivity contribution in [2.24, 2.45) is 5.92 Å². The first-order valence-electron chi connectivity index (χ1n) is 8.60. The molecule has 0 unspecified atom stereocenters. The molecule has 0 saturated heterocycles. The Kier molecular flexibility index (Phi) is 6.44. The van der Waals surface area contributed by atoms with Gasteiger partial charge in [-0.25, -0.2) is 4.79 Å². The number of carbonyl (C=O) groups excluding carboxylic acids is 2. The first-order valence-corrected chi connectivity index (χ1v) is 8.60. The van der Waals surface area contributed by atoms with E-state index in [4.69, 9.17) is 9.47 Å². The van der Waals surface area contributed by atoms with Crippen molar-refractivity contribution < 1.29 is 19.1 Å². The summed E-state index contributed by atoms with van der Waals surface area (Å²) in [6.45, 7) is 8.72. The molecule has 1 heterocycles. The van der Waals surface area contributed by atoms with Crippen molar-refractivity contribution in [3.8, 4) is 5.75 Å². The van der Waals surface area contributed by atoms with Crippen molar-refractivity contribution >= 4 is 11.9 Å². The molecule has 2 aromatic rings. The number of aryl methyl sites for hydroxylation is 1. The maximum Gasteiger partial charge on any atom is 0.339 e. The van der Waals surface area contributed by atoms with E-state index in [1.165, 1.54) is 7.11 Å². The molecular weight excluding hydrogens is 332 g/mol. The van der Waals surface area contributed by atoms with E-state index in [1.807, 2.05) is 24.3 Å². The van der Waals surface area contributed by atoms with Gasteiger partial charge in [0, 0.05) is 12.2 Å². The molecule has 0 aliphatic heterocycles. The normalized spacial score (nSPS) is 10.7. The first-order chi connectivity index (χ1) is 12.3. The van der Waals surface area contributed by atoms with Crippen molar-refractivity contribution in [2.45, 2.75) is 34.2 Å². The number of hydrogen-bond donors (Lipinski definition) is 2. The van der Waals surface area contributed by atoms with Gasteiger partial charge in [-0.05, 0) is 43.0 Å². The Bertz CT molecular complexity index is 776. The van der Waals surface area contributed by atoms with Crippen LogP contribution in [0.15, 0.2) is 24.3 Å². The van der Waals surface area contributed by atoms with Crippen LogP contribution >= 0.6 is 0 Å². The third-order valence-electron chi connectivity index (χ3n) is 4.01. The van der Waals surface area contributed by atoms with Crippen LogP contribution in [-0.2, 0) is 11.3 Å². The molecule has 2 N–H and O–H groups in total. The standard InChI is InChI=1S/C20H26N2O4/c1-12(2)11-26-16-8-6-15(7-9-16)10-21-19(23)18-13(3)17(14(4)22-18)20(24)25-5/h6-9,12,22H,10-11H2,1-5H3,(H,21,23). The lowest BCUT2D eigenvalue weighted by molar-refractivity contribution is 0.0599. The largest absolute Gasteiger partial charge is 0.493 e. The average molecular weight is 358 g/mol. The van der Waals surface area contributed by atoms with Crippen molar-refractivity contribution in [3.63, 3.8) is 0 Å². The quantitative estimate of drug-likeness (QED) is 0.744. The predicted molar refractivity (Wildman–Crippen MR) is 99.6 cm³/mol. The molecular formula is C20H26N2O4. The van der Waals surface area contributed by atoms with E-state index in [-0.39, 0.29) is 5.91 Å². The Morgan fingerprint density at radius 2 is 1.81 bits per heavy atom. The number of nitrogens with one attached hydrogen (secondary N) is 2. The first kappa shape index (κ1) is 19.6. The highest BCUT2D eigenvalue weighted by Crippen LogP contribution is 2.19. The van der Waals surface area contributed by atoms with E-state index < -0.39 is 5.97 Å². The highest BCUT2D eigenvalue weighted by atomic mass is 16.5. The molecule has 0 radical (unpaired) electrons. The van der Waals surface area contributed by atoms with Gasteiger partial charge in [-0.1, -0.05) is 26.0 Å². The van der Waals surface area contributed by atoms with Gasteiger partial charge in [0.2, 0.25) is 0 Å². The van der Waals surface area contributed by atoms with Crippen LogP contribution in [0.2, 0.25) is 0 Å². The Morgan fingerprint density at radius 3 is 2.38 bits per heavy atom. The molecule has 6 nitrogen and oxygen atoms in total. The zero-order valence-electron chi connectivity index (χ0n) is 15.9. The SMILES string of the molecule is COC(=O)c1c(C)[nH]c(C(=O)NCc2ccc(OCC(C)C)cc2)c1C. The molecule has 0 aliphatic rings. The summed E-state index contributed by atoms with van der Waals surface area (Å²) in [5, 5.41) is 2.86. The van der Waals surface area contributed by atoms with E-state index in [9.17, 15) is 9.59 Å². The number of esters is 1. The highest BCUT2D eigenvalue weighted by molar-refractivity contribution is 6.00. The Balaban J connectivity index is 2.00. The molecule has 0 spiro atoms. The molecule has 1 aromatic carbocycles. The molecule has 140 valence electrons. The van der Waals surface area contributed by atoms with E-state index in [0.29, 0.717) is 41.6 Å². The summed E-state index contributed by atoms with van der Waals surface area (Å²) in [4.78, 5) is 27.2. The average Bonchev–Trinajstić information content (AvgIpc) is 2.92. The number of aromatic nitrogens is 1. The van der Waals surface area contributed by atoms with Crippen LogP contribution in [0.3, 0.4) is 0 Å². The van der Waals surface area contributed by atoms with Crippen LogP contribution in [0, 0.1) is 19.8 Å². The number of benzene rings is 1. The Morgan fingerprint density at radius 1 is 1.15 bits per heavy atom. The summed E-state index contributed by atoms with van der Waals surface area (Å²) in [6, 6.07) is 7.62. The van der Waals surface area contributed by atoms with Crippen LogP contribution in [0.5, 0.6) is 5.75 Å². The minimum atomic E-state index is -0.452. The van der Waals surface area contributed by atoms with Gasteiger partial charge in [0.1, 0.15) is 11.4 Å². The van der Waals surface area contributed by atoms with Crippen LogP contribution in [0.4, 0.5) is 0 Å². The van der Waals surface area contributed by atoms with E-state index in [2.05, 4.69) is 24.1 Å². The number of H-pyrrole nitrogens is 1. The second-order valence-electron chi connectivity index (χ2n) is 6.65. The molecule has 2 rings (SSSR count). The Hall–Kier alpha value is -2.76. The summed E-state index contributed by atoms with van der Waals surface area (Å²) in [7, 11) is 1.32. The number of ether oxygens (including phenoxy) is 2. The Labute approximate surface area is 153 Å². The number of methoxy groups -OCH3 is 1. The van der Waals surface area contributed by atoms with Gasteiger partial charge in [0.15, 0.2) is 0 Å². The second kappa shape index (κ2) is 8.56. The maximum absolute atomic E-state index is 12.4. The highest BCUT2D eigenvalue weighted by Gasteiger charge is 2.22. The van der Waals surface area contributed by atoms with Crippen LogP contribution in [-0.4, -0.2) is 30.6 Å². The van der Waals surface area contributed by atoms with Crippen molar-refractivity contribution in [1.29, 1.82) is 0 Å². The molecule has 0 bridgehead atoms. The summed E-state index contributed by atoms with van der Waals surface area (Å²) < 4.78 is 10.4. The third kappa shape index (κ3) is 4.65. The van der Waals surface area contributed by atoms with Gasteiger partial charge in [0.05, 0.1) is 19.3 Å². The third-order valence-corrected chi connectivity index (χ3v) is 4.01. The van der Waals surface area contributed by atoms with Crippen molar-refractivity contribution in [2.75, 3.05) is 13.7 Å². The lowest BCUT2D eigenvalue weighted by Gasteiger charge is -2.10. The molecule has 26 heavy (non-hydrogen) atoms. The van der Waals surface area contributed by atoms with E-state index >= 15 is 0 Å². The lowest BCUT2D eigenvalue weighted by atomic mass is 10.1. The fraction of sp³-hybridized carbons (Fsp3) is 0.400. The summed E-state index contributed by atoms with van der Waals surface area (Å²) >= 11 is 0. The van der Waals surface area contributed by atoms with Gasteiger partial charge in [-0.15, -0.1) is 0 Å². The smallest absolute Gasteiger partial charge is 0.339 e. The molecule has 0 aliphatic carbocycles. The van der Waals surface area contributed by atoms with Crippen LogP contribution < -0.4 is 10.1 Å².